The lowest BCUT2D eigenvalue weighted by Crippen LogP contribution is -2.43. The summed E-state index contributed by atoms with van der Waals surface area (Å²) in [7, 11) is 5.88. The second-order valence-electron chi connectivity index (χ2n) is 5.21. The molecule has 0 spiro atoms. The molecule has 0 aliphatic rings. The molecule has 19 heavy (non-hydrogen) atoms. The molecule has 0 bridgehead atoms. The summed E-state index contributed by atoms with van der Waals surface area (Å²) in [5, 5.41) is 0. The molecule has 0 saturated heterocycles. The predicted molar refractivity (Wildman–Crippen MR) is 78.9 cm³/mol. The summed E-state index contributed by atoms with van der Waals surface area (Å²) in [4.78, 5) is 16.0. The zero-order valence-corrected chi connectivity index (χ0v) is 12.2. The normalized spacial score (nSPS) is 12.5. The molecule has 4 heteroatoms. The number of likely N-dealkylation sites (N-methyl/N-ethyl adjacent to an activating group) is 1. The van der Waals surface area contributed by atoms with Gasteiger partial charge in [0.1, 0.15) is 0 Å². The summed E-state index contributed by atoms with van der Waals surface area (Å²) < 4.78 is 0. The topological polar surface area (TPSA) is 49.6 Å². The number of hydrogen-bond donors (Lipinski definition) is 1. The van der Waals surface area contributed by atoms with Crippen molar-refractivity contribution in [2.45, 2.75) is 18.9 Å². The Morgan fingerprint density at radius 3 is 2.37 bits per heavy atom. The van der Waals surface area contributed by atoms with Gasteiger partial charge in [-0.1, -0.05) is 30.3 Å². The molecular formula is C15H25N3O. The largest absolute Gasteiger partial charge is 0.344 e. The van der Waals surface area contributed by atoms with E-state index in [0.717, 1.165) is 25.1 Å². The molecule has 1 aromatic rings. The lowest BCUT2D eigenvalue weighted by Gasteiger charge is -2.22. The van der Waals surface area contributed by atoms with Crippen LogP contribution in [0.1, 0.15) is 12.0 Å². The molecule has 0 fully saturated rings. The Hall–Kier alpha value is -1.39. The van der Waals surface area contributed by atoms with Crippen LogP contribution in [0, 0.1) is 0 Å². The fraction of sp³-hybridized carbons (Fsp3) is 0.533. The number of rotatable bonds is 7. The van der Waals surface area contributed by atoms with Crippen molar-refractivity contribution in [2.75, 3.05) is 34.2 Å². The highest BCUT2D eigenvalue weighted by Gasteiger charge is 2.17. The van der Waals surface area contributed by atoms with Gasteiger partial charge in [-0.2, -0.15) is 0 Å². The molecular weight excluding hydrogens is 238 g/mol. The molecule has 1 rings (SSSR count). The van der Waals surface area contributed by atoms with Crippen LogP contribution in [-0.2, 0) is 11.2 Å². The molecule has 0 heterocycles. The first-order valence-corrected chi connectivity index (χ1v) is 6.70. The summed E-state index contributed by atoms with van der Waals surface area (Å²) in [6.45, 7) is 1.73. The van der Waals surface area contributed by atoms with Gasteiger partial charge in [0.15, 0.2) is 0 Å². The molecule has 1 aromatic carbocycles. The molecule has 1 atom stereocenters. The van der Waals surface area contributed by atoms with E-state index in [0.29, 0.717) is 6.42 Å². The van der Waals surface area contributed by atoms with E-state index in [-0.39, 0.29) is 5.91 Å². The zero-order chi connectivity index (χ0) is 14.3. The van der Waals surface area contributed by atoms with Crippen LogP contribution in [0.15, 0.2) is 30.3 Å². The first-order chi connectivity index (χ1) is 9.00. The number of benzene rings is 1. The standard InChI is InChI=1S/C15H25N3O/c1-17(2)10-7-11-18(3)15(19)14(16)12-13-8-5-4-6-9-13/h4-6,8-9,14H,7,10-12,16H2,1-3H3/t14-/m1/s1. The van der Waals surface area contributed by atoms with Crippen LogP contribution in [0.5, 0.6) is 0 Å². The third-order valence-electron chi connectivity index (χ3n) is 3.09. The van der Waals surface area contributed by atoms with Crippen molar-refractivity contribution in [3.05, 3.63) is 35.9 Å². The van der Waals surface area contributed by atoms with E-state index in [1.807, 2.05) is 51.5 Å². The van der Waals surface area contributed by atoms with E-state index in [4.69, 9.17) is 5.73 Å². The quantitative estimate of drug-likeness (QED) is 0.797. The van der Waals surface area contributed by atoms with Crippen LogP contribution < -0.4 is 5.73 Å². The first-order valence-electron chi connectivity index (χ1n) is 6.70. The summed E-state index contributed by atoms with van der Waals surface area (Å²) in [5.74, 6) is 0.0163. The average Bonchev–Trinajstić information content (AvgIpc) is 2.38. The number of carbonyl (C=O) groups excluding carboxylic acids is 1. The Bertz CT molecular complexity index is 378. The Kier molecular flexibility index (Phi) is 6.53. The summed E-state index contributed by atoms with van der Waals surface area (Å²) in [6, 6.07) is 9.44. The van der Waals surface area contributed by atoms with Gasteiger partial charge in [0.05, 0.1) is 6.04 Å². The minimum atomic E-state index is -0.452. The molecule has 0 aliphatic heterocycles. The highest BCUT2D eigenvalue weighted by atomic mass is 16.2. The van der Waals surface area contributed by atoms with E-state index in [1.54, 1.807) is 4.90 Å². The molecule has 0 aliphatic carbocycles. The Labute approximate surface area is 116 Å². The van der Waals surface area contributed by atoms with Crippen molar-refractivity contribution in [3.8, 4) is 0 Å². The Morgan fingerprint density at radius 2 is 1.79 bits per heavy atom. The molecule has 0 saturated carbocycles. The number of nitrogens with zero attached hydrogens (tertiary/aromatic N) is 2. The van der Waals surface area contributed by atoms with E-state index in [1.165, 1.54) is 0 Å². The minimum absolute atomic E-state index is 0.0163. The van der Waals surface area contributed by atoms with Crippen molar-refractivity contribution in [1.29, 1.82) is 0 Å². The monoisotopic (exact) mass is 263 g/mol. The van der Waals surface area contributed by atoms with Gasteiger partial charge in [-0.25, -0.2) is 0 Å². The molecule has 2 N–H and O–H groups in total. The second-order valence-corrected chi connectivity index (χ2v) is 5.21. The van der Waals surface area contributed by atoms with Crippen LogP contribution >= 0.6 is 0 Å². The summed E-state index contributed by atoms with van der Waals surface area (Å²) in [6.07, 6.45) is 1.56. The predicted octanol–water partition coefficient (Wildman–Crippen LogP) is 0.967. The van der Waals surface area contributed by atoms with Gasteiger partial charge in [0.2, 0.25) is 5.91 Å². The zero-order valence-electron chi connectivity index (χ0n) is 12.2. The SMILES string of the molecule is CN(C)CCCN(C)C(=O)[C@H](N)Cc1ccccc1. The molecule has 1 amide bonds. The summed E-state index contributed by atoms with van der Waals surface area (Å²) >= 11 is 0. The maximum absolute atomic E-state index is 12.1. The van der Waals surface area contributed by atoms with Crippen LogP contribution in [0.25, 0.3) is 0 Å². The van der Waals surface area contributed by atoms with Crippen molar-refractivity contribution in [1.82, 2.24) is 9.80 Å². The lowest BCUT2D eigenvalue weighted by atomic mass is 10.1. The highest BCUT2D eigenvalue weighted by Crippen LogP contribution is 2.04. The minimum Gasteiger partial charge on any atom is -0.344 e. The third-order valence-corrected chi connectivity index (χ3v) is 3.09. The van der Waals surface area contributed by atoms with Crippen molar-refractivity contribution < 1.29 is 4.79 Å². The summed E-state index contributed by atoms with van der Waals surface area (Å²) in [5.41, 5.74) is 7.08. The van der Waals surface area contributed by atoms with E-state index >= 15 is 0 Å². The van der Waals surface area contributed by atoms with Crippen LogP contribution in [-0.4, -0.2) is 56.0 Å². The number of amides is 1. The fourth-order valence-corrected chi connectivity index (χ4v) is 1.97. The Balaban J connectivity index is 2.39. The smallest absolute Gasteiger partial charge is 0.239 e. The van der Waals surface area contributed by atoms with Crippen LogP contribution in [0.2, 0.25) is 0 Å². The molecule has 4 nitrogen and oxygen atoms in total. The highest BCUT2D eigenvalue weighted by molar-refractivity contribution is 5.81. The number of nitrogens with two attached hydrogens (primary N) is 1. The van der Waals surface area contributed by atoms with Crippen LogP contribution in [0.4, 0.5) is 0 Å². The number of carbonyl (C=O) groups is 1. The molecule has 0 aromatic heterocycles. The van der Waals surface area contributed by atoms with Gasteiger partial charge in [-0.3, -0.25) is 4.79 Å². The Morgan fingerprint density at radius 1 is 1.16 bits per heavy atom. The first kappa shape index (κ1) is 15.7. The molecule has 106 valence electrons. The number of hydrogen-bond acceptors (Lipinski definition) is 3. The van der Waals surface area contributed by atoms with Crippen molar-refractivity contribution >= 4 is 5.91 Å². The van der Waals surface area contributed by atoms with Gasteiger partial charge < -0.3 is 15.5 Å². The lowest BCUT2D eigenvalue weighted by molar-refractivity contribution is -0.131. The van der Waals surface area contributed by atoms with Gasteiger partial charge in [-0.05, 0) is 39.0 Å². The third kappa shape index (κ3) is 5.85. The maximum Gasteiger partial charge on any atom is 0.239 e. The molecule has 0 radical (unpaired) electrons. The van der Waals surface area contributed by atoms with Gasteiger partial charge >= 0.3 is 0 Å². The second kappa shape index (κ2) is 7.92. The van der Waals surface area contributed by atoms with E-state index < -0.39 is 6.04 Å². The molecule has 0 unspecified atom stereocenters. The van der Waals surface area contributed by atoms with E-state index in [2.05, 4.69) is 4.90 Å². The van der Waals surface area contributed by atoms with Gasteiger partial charge in [0.25, 0.3) is 0 Å². The van der Waals surface area contributed by atoms with Crippen molar-refractivity contribution in [2.24, 2.45) is 5.73 Å². The average molecular weight is 263 g/mol. The van der Waals surface area contributed by atoms with E-state index in [9.17, 15) is 4.79 Å². The van der Waals surface area contributed by atoms with Crippen molar-refractivity contribution in [3.63, 3.8) is 0 Å². The van der Waals surface area contributed by atoms with Gasteiger partial charge in [-0.15, -0.1) is 0 Å². The maximum atomic E-state index is 12.1. The fourth-order valence-electron chi connectivity index (χ4n) is 1.97. The van der Waals surface area contributed by atoms with Gasteiger partial charge in [0, 0.05) is 13.6 Å². The van der Waals surface area contributed by atoms with Crippen LogP contribution in [0.3, 0.4) is 0 Å².